The zero-order chi connectivity index (χ0) is 11.5. The lowest BCUT2D eigenvalue weighted by atomic mass is 9.99. The van der Waals surface area contributed by atoms with Crippen LogP contribution in [-0.2, 0) is 17.8 Å². The van der Waals surface area contributed by atoms with Gasteiger partial charge in [0.05, 0.1) is 6.54 Å². The highest BCUT2D eigenvalue weighted by Gasteiger charge is 2.18. The molecule has 0 saturated heterocycles. The van der Waals surface area contributed by atoms with Gasteiger partial charge in [0.2, 0.25) is 5.91 Å². The van der Waals surface area contributed by atoms with Crippen molar-refractivity contribution in [2.45, 2.75) is 19.4 Å². The van der Waals surface area contributed by atoms with Crippen molar-refractivity contribution in [2.24, 2.45) is 11.5 Å². The van der Waals surface area contributed by atoms with Crippen LogP contribution in [0, 0.1) is 0 Å². The Hall–Kier alpha value is -1.55. The van der Waals surface area contributed by atoms with Crippen LogP contribution in [0.4, 0.5) is 5.69 Å². The van der Waals surface area contributed by atoms with Crippen molar-refractivity contribution in [1.29, 1.82) is 0 Å². The van der Waals surface area contributed by atoms with E-state index in [1.54, 1.807) is 0 Å². The molecule has 16 heavy (non-hydrogen) atoms. The third-order valence-corrected chi connectivity index (χ3v) is 2.95. The van der Waals surface area contributed by atoms with Crippen LogP contribution in [0.5, 0.6) is 0 Å². The molecule has 0 radical (unpaired) electrons. The Bertz CT molecular complexity index is 403. The number of primary amides is 1. The van der Waals surface area contributed by atoms with Gasteiger partial charge in [-0.1, -0.05) is 12.1 Å². The summed E-state index contributed by atoms with van der Waals surface area (Å²) in [5.41, 5.74) is 14.4. The van der Waals surface area contributed by atoms with E-state index in [0.717, 1.165) is 30.6 Å². The molecule has 1 aliphatic heterocycles. The molecule has 1 aromatic carbocycles. The summed E-state index contributed by atoms with van der Waals surface area (Å²) in [4.78, 5) is 13.0. The summed E-state index contributed by atoms with van der Waals surface area (Å²) in [6, 6.07) is 6.22. The molecule has 0 spiro atoms. The fourth-order valence-electron chi connectivity index (χ4n) is 2.18. The monoisotopic (exact) mass is 219 g/mol. The molecule has 0 saturated carbocycles. The maximum absolute atomic E-state index is 11.0. The van der Waals surface area contributed by atoms with E-state index in [0.29, 0.717) is 13.1 Å². The summed E-state index contributed by atoms with van der Waals surface area (Å²) >= 11 is 0. The van der Waals surface area contributed by atoms with Gasteiger partial charge in [0.25, 0.3) is 0 Å². The first-order valence-corrected chi connectivity index (χ1v) is 5.56. The molecule has 0 fully saturated rings. The zero-order valence-electron chi connectivity index (χ0n) is 9.28. The summed E-state index contributed by atoms with van der Waals surface area (Å²) in [6.07, 6.45) is 2.14. The Labute approximate surface area is 95.2 Å². The molecule has 1 aromatic rings. The van der Waals surface area contributed by atoms with Gasteiger partial charge in [0.1, 0.15) is 0 Å². The minimum atomic E-state index is -0.286. The van der Waals surface area contributed by atoms with Crippen molar-refractivity contribution < 1.29 is 4.79 Å². The molecule has 0 bridgehead atoms. The minimum Gasteiger partial charge on any atom is -0.368 e. The molecule has 86 valence electrons. The maximum atomic E-state index is 11.0. The number of carbonyl (C=O) groups is 1. The van der Waals surface area contributed by atoms with E-state index >= 15 is 0 Å². The Balaban J connectivity index is 2.31. The predicted molar refractivity (Wildman–Crippen MR) is 64.1 cm³/mol. The Kier molecular flexibility index (Phi) is 3.10. The normalized spacial score (nSPS) is 14.7. The smallest absolute Gasteiger partial charge is 0.236 e. The van der Waals surface area contributed by atoms with Gasteiger partial charge in [0, 0.05) is 18.8 Å². The van der Waals surface area contributed by atoms with Crippen LogP contribution < -0.4 is 16.4 Å². The first-order chi connectivity index (χ1) is 7.70. The number of anilines is 1. The second kappa shape index (κ2) is 4.53. The number of hydrogen-bond acceptors (Lipinski definition) is 3. The number of benzene rings is 1. The van der Waals surface area contributed by atoms with Gasteiger partial charge in [-0.25, -0.2) is 0 Å². The number of fused-ring (bicyclic) bond motifs is 1. The van der Waals surface area contributed by atoms with Crippen LogP contribution in [0.25, 0.3) is 0 Å². The number of amides is 1. The van der Waals surface area contributed by atoms with Crippen molar-refractivity contribution in [1.82, 2.24) is 0 Å². The third kappa shape index (κ3) is 2.17. The molecule has 0 unspecified atom stereocenters. The van der Waals surface area contributed by atoms with Crippen molar-refractivity contribution in [2.75, 3.05) is 18.0 Å². The number of hydrogen-bond donors (Lipinski definition) is 2. The van der Waals surface area contributed by atoms with E-state index in [9.17, 15) is 4.79 Å². The number of rotatable bonds is 3. The van der Waals surface area contributed by atoms with E-state index in [1.165, 1.54) is 5.56 Å². The average Bonchev–Trinajstić information content (AvgIpc) is 2.28. The predicted octanol–water partition coefficient (Wildman–Crippen LogP) is 0.383. The Morgan fingerprint density at radius 2 is 2.25 bits per heavy atom. The highest BCUT2D eigenvalue weighted by molar-refractivity contribution is 5.80. The fraction of sp³-hybridized carbons (Fsp3) is 0.417. The van der Waals surface area contributed by atoms with Crippen LogP contribution in [0.2, 0.25) is 0 Å². The van der Waals surface area contributed by atoms with Gasteiger partial charge in [-0.05, 0) is 30.0 Å². The molecule has 1 amide bonds. The summed E-state index contributed by atoms with van der Waals surface area (Å²) < 4.78 is 0. The van der Waals surface area contributed by atoms with E-state index < -0.39 is 0 Å². The van der Waals surface area contributed by atoms with E-state index in [-0.39, 0.29) is 5.91 Å². The van der Waals surface area contributed by atoms with Crippen LogP contribution in [-0.4, -0.2) is 19.0 Å². The maximum Gasteiger partial charge on any atom is 0.236 e. The Morgan fingerprint density at radius 1 is 1.44 bits per heavy atom. The second-order valence-electron chi connectivity index (χ2n) is 4.16. The Morgan fingerprint density at radius 3 is 2.94 bits per heavy atom. The number of carbonyl (C=O) groups excluding carboxylic acids is 1. The topological polar surface area (TPSA) is 72.3 Å². The molecule has 0 aromatic heterocycles. The quantitative estimate of drug-likeness (QED) is 0.772. The van der Waals surface area contributed by atoms with Crippen LogP contribution >= 0.6 is 0 Å². The van der Waals surface area contributed by atoms with E-state index in [1.807, 2.05) is 11.0 Å². The first kappa shape index (κ1) is 11.0. The molecular weight excluding hydrogens is 202 g/mol. The van der Waals surface area contributed by atoms with Gasteiger partial charge in [-0.2, -0.15) is 0 Å². The van der Waals surface area contributed by atoms with Crippen LogP contribution in [0.1, 0.15) is 17.5 Å². The molecule has 4 N–H and O–H groups in total. The summed E-state index contributed by atoms with van der Waals surface area (Å²) in [5, 5.41) is 0. The van der Waals surface area contributed by atoms with Crippen LogP contribution in [0.3, 0.4) is 0 Å². The standard InChI is InChI=1S/C12H17N3O/c13-7-9-3-4-10-2-1-5-15(8-12(14)16)11(10)6-9/h3-4,6H,1-2,5,7-8,13H2,(H2,14,16). The highest BCUT2D eigenvalue weighted by atomic mass is 16.1. The number of aryl methyl sites for hydroxylation is 1. The van der Waals surface area contributed by atoms with Crippen molar-refractivity contribution in [3.8, 4) is 0 Å². The van der Waals surface area contributed by atoms with Gasteiger partial charge in [-0.15, -0.1) is 0 Å². The van der Waals surface area contributed by atoms with Crippen LogP contribution in [0.15, 0.2) is 18.2 Å². The first-order valence-electron chi connectivity index (χ1n) is 5.56. The third-order valence-electron chi connectivity index (χ3n) is 2.95. The van der Waals surface area contributed by atoms with Crippen molar-refractivity contribution in [3.63, 3.8) is 0 Å². The van der Waals surface area contributed by atoms with Crippen molar-refractivity contribution >= 4 is 11.6 Å². The molecule has 0 atom stereocenters. The van der Waals surface area contributed by atoms with Gasteiger partial charge in [0.15, 0.2) is 0 Å². The molecular formula is C12H17N3O. The highest BCUT2D eigenvalue weighted by Crippen LogP contribution is 2.27. The van der Waals surface area contributed by atoms with E-state index in [4.69, 9.17) is 11.5 Å². The van der Waals surface area contributed by atoms with Crippen molar-refractivity contribution in [3.05, 3.63) is 29.3 Å². The van der Waals surface area contributed by atoms with Gasteiger partial charge in [-0.3, -0.25) is 4.79 Å². The lowest BCUT2D eigenvalue weighted by Gasteiger charge is -2.30. The summed E-state index contributed by atoms with van der Waals surface area (Å²) in [7, 11) is 0. The lowest BCUT2D eigenvalue weighted by Crippen LogP contribution is -2.37. The molecule has 0 aliphatic carbocycles. The van der Waals surface area contributed by atoms with Gasteiger partial charge >= 0.3 is 0 Å². The average molecular weight is 219 g/mol. The minimum absolute atomic E-state index is 0.286. The molecule has 1 aliphatic rings. The SMILES string of the molecule is NCc1ccc2c(c1)N(CC(N)=O)CCC2. The molecule has 2 rings (SSSR count). The number of nitrogens with two attached hydrogens (primary N) is 2. The lowest BCUT2D eigenvalue weighted by molar-refractivity contribution is -0.116. The molecule has 4 nitrogen and oxygen atoms in total. The fourth-order valence-corrected chi connectivity index (χ4v) is 2.18. The molecule has 4 heteroatoms. The van der Waals surface area contributed by atoms with Gasteiger partial charge < -0.3 is 16.4 Å². The second-order valence-corrected chi connectivity index (χ2v) is 4.16. The largest absolute Gasteiger partial charge is 0.368 e. The zero-order valence-corrected chi connectivity index (χ0v) is 9.28. The molecule has 1 heterocycles. The number of nitrogens with zero attached hydrogens (tertiary/aromatic N) is 1. The summed E-state index contributed by atoms with van der Waals surface area (Å²) in [6.45, 7) is 1.71. The van der Waals surface area contributed by atoms with E-state index in [2.05, 4.69) is 12.1 Å². The summed E-state index contributed by atoms with van der Waals surface area (Å²) in [5.74, 6) is -0.286.